The summed E-state index contributed by atoms with van der Waals surface area (Å²) in [7, 11) is 1.69. The first-order chi connectivity index (χ1) is 8.08. The minimum Gasteiger partial charge on any atom is -0.484 e. The summed E-state index contributed by atoms with van der Waals surface area (Å²) in [6.45, 7) is 6.68. The second-order valence-corrected chi connectivity index (χ2v) is 4.87. The standard InChI is InChI=1S/C11H21N3O2S/c1-5-8(6-15-4)13-11-9(16-7(2)3)10(12)14-17-11/h7-8,13H,5-6H2,1-4H3,(H2,12,14). The Labute approximate surface area is 106 Å². The van der Waals surface area contributed by atoms with Gasteiger partial charge in [0.1, 0.15) is 0 Å². The van der Waals surface area contributed by atoms with E-state index >= 15 is 0 Å². The molecule has 0 aliphatic carbocycles. The lowest BCUT2D eigenvalue weighted by Crippen LogP contribution is -2.23. The van der Waals surface area contributed by atoms with Gasteiger partial charge in [-0.2, -0.15) is 4.37 Å². The molecule has 1 atom stereocenters. The van der Waals surface area contributed by atoms with Crippen molar-refractivity contribution in [2.24, 2.45) is 0 Å². The number of anilines is 2. The Hall–Kier alpha value is -1.01. The first-order valence-corrected chi connectivity index (χ1v) is 6.53. The average molecular weight is 259 g/mol. The van der Waals surface area contributed by atoms with Crippen LogP contribution in [0, 0.1) is 0 Å². The van der Waals surface area contributed by atoms with E-state index in [1.807, 2.05) is 13.8 Å². The molecule has 0 saturated carbocycles. The molecule has 0 aliphatic rings. The molecule has 0 aromatic carbocycles. The molecule has 0 fully saturated rings. The molecule has 6 heteroatoms. The molecule has 17 heavy (non-hydrogen) atoms. The van der Waals surface area contributed by atoms with E-state index in [1.165, 1.54) is 11.5 Å². The van der Waals surface area contributed by atoms with E-state index in [4.69, 9.17) is 15.2 Å². The van der Waals surface area contributed by atoms with Crippen molar-refractivity contribution >= 4 is 22.4 Å². The molecule has 1 aromatic heterocycles. The molecule has 3 N–H and O–H groups in total. The molecule has 0 aliphatic heterocycles. The number of hydrogen-bond donors (Lipinski definition) is 2. The maximum Gasteiger partial charge on any atom is 0.197 e. The fraction of sp³-hybridized carbons (Fsp3) is 0.727. The van der Waals surface area contributed by atoms with Crippen LogP contribution in [0.1, 0.15) is 27.2 Å². The van der Waals surface area contributed by atoms with Crippen LogP contribution in [0.4, 0.5) is 10.8 Å². The Morgan fingerprint density at radius 3 is 2.71 bits per heavy atom. The molecule has 0 radical (unpaired) electrons. The van der Waals surface area contributed by atoms with Gasteiger partial charge in [-0.05, 0) is 31.8 Å². The van der Waals surface area contributed by atoms with E-state index in [0.717, 1.165) is 11.4 Å². The summed E-state index contributed by atoms with van der Waals surface area (Å²) in [6.07, 6.45) is 1.05. The third-order valence-electron chi connectivity index (χ3n) is 2.22. The van der Waals surface area contributed by atoms with Crippen LogP contribution in [-0.2, 0) is 4.74 Å². The number of hydrogen-bond acceptors (Lipinski definition) is 6. The van der Waals surface area contributed by atoms with Gasteiger partial charge >= 0.3 is 0 Å². The highest BCUT2D eigenvalue weighted by molar-refractivity contribution is 7.11. The number of ether oxygens (including phenoxy) is 2. The van der Waals surface area contributed by atoms with E-state index in [0.29, 0.717) is 18.2 Å². The zero-order valence-electron chi connectivity index (χ0n) is 10.8. The van der Waals surface area contributed by atoms with Crippen molar-refractivity contribution in [1.29, 1.82) is 0 Å². The monoisotopic (exact) mass is 259 g/mol. The van der Waals surface area contributed by atoms with Crippen LogP contribution < -0.4 is 15.8 Å². The highest BCUT2D eigenvalue weighted by Crippen LogP contribution is 2.36. The Bertz CT molecular complexity index is 341. The number of nitrogens with one attached hydrogen (secondary N) is 1. The van der Waals surface area contributed by atoms with Crippen LogP contribution >= 0.6 is 11.5 Å². The van der Waals surface area contributed by atoms with Crippen molar-refractivity contribution in [3.63, 3.8) is 0 Å². The molecule has 5 nitrogen and oxygen atoms in total. The lowest BCUT2D eigenvalue weighted by Gasteiger charge is -2.17. The summed E-state index contributed by atoms with van der Waals surface area (Å²) in [5.74, 6) is 1.10. The number of nitrogens with two attached hydrogens (primary N) is 1. The van der Waals surface area contributed by atoms with Crippen LogP contribution in [0.5, 0.6) is 5.75 Å². The molecule has 0 bridgehead atoms. The van der Waals surface area contributed by atoms with Crippen molar-refractivity contribution in [3.05, 3.63) is 0 Å². The highest BCUT2D eigenvalue weighted by atomic mass is 32.1. The normalized spacial score (nSPS) is 12.8. The van der Waals surface area contributed by atoms with Crippen LogP contribution in [0.25, 0.3) is 0 Å². The first-order valence-electron chi connectivity index (χ1n) is 5.75. The Balaban J connectivity index is 2.75. The minimum atomic E-state index is 0.0803. The maximum absolute atomic E-state index is 5.78. The number of rotatable bonds is 7. The number of nitrogen functional groups attached to an aromatic ring is 1. The van der Waals surface area contributed by atoms with E-state index in [1.54, 1.807) is 7.11 Å². The molecule has 98 valence electrons. The fourth-order valence-corrected chi connectivity index (χ4v) is 2.11. The summed E-state index contributed by atoms with van der Waals surface area (Å²) in [5.41, 5.74) is 5.78. The second-order valence-electron chi connectivity index (χ2n) is 4.10. The number of aromatic nitrogens is 1. The van der Waals surface area contributed by atoms with Crippen LogP contribution in [0.3, 0.4) is 0 Å². The van der Waals surface area contributed by atoms with E-state index in [9.17, 15) is 0 Å². The van der Waals surface area contributed by atoms with Gasteiger partial charge in [-0.3, -0.25) is 0 Å². The van der Waals surface area contributed by atoms with Gasteiger partial charge in [0.05, 0.1) is 18.8 Å². The summed E-state index contributed by atoms with van der Waals surface area (Å²) >= 11 is 1.32. The number of nitrogens with zero attached hydrogens (tertiary/aromatic N) is 1. The van der Waals surface area contributed by atoms with Gasteiger partial charge in [0, 0.05) is 7.11 Å². The Kier molecular flexibility index (Phi) is 5.50. The zero-order chi connectivity index (χ0) is 12.8. The highest BCUT2D eigenvalue weighted by Gasteiger charge is 2.17. The van der Waals surface area contributed by atoms with Crippen LogP contribution in [0.2, 0.25) is 0 Å². The van der Waals surface area contributed by atoms with Gasteiger partial charge in [-0.15, -0.1) is 0 Å². The summed E-state index contributed by atoms with van der Waals surface area (Å²) in [4.78, 5) is 0. The quantitative estimate of drug-likeness (QED) is 0.786. The van der Waals surface area contributed by atoms with Gasteiger partial charge in [-0.25, -0.2) is 0 Å². The Morgan fingerprint density at radius 1 is 1.47 bits per heavy atom. The van der Waals surface area contributed by atoms with Gasteiger partial charge < -0.3 is 20.5 Å². The van der Waals surface area contributed by atoms with Crippen molar-refractivity contribution < 1.29 is 9.47 Å². The smallest absolute Gasteiger partial charge is 0.197 e. The van der Waals surface area contributed by atoms with Crippen molar-refractivity contribution in [3.8, 4) is 5.75 Å². The topological polar surface area (TPSA) is 69.4 Å². The van der Waals surface area contributed by atoms with E-state index < -0.39 is 0 Å². The van der Waals surface area contributed by atoms with Gasteiger partial charge in [-0.1, -0.05) is 6.92 Å². The van der Waals surface area contributed by atoms with Crippen molar-refractivity contribution in [2.75, 3.05) is 24.8 Å². The van der Waals surface area contributed by atoms with E-state index in [-0.39, 0.29) is 12.1 Å². The third-order valence-corrected chi connectivity index (χ3v) is 3.00. The third kappa shape index (κ3) is 4.05. The number of methoxy groups -OCH3 is 1. The molecule has 1 unspecified atom stereocenters. The van der Waals surface area contributed by atoms with Gasteiger partial charge in [0.15, 0.2) is 16.6 Å². The molecule has 1 aromatic rings. The van der Waals surface area contributed by atoms with Crippen LogP contribution in [-0.4, -0.2) is 30.2 Å². The maximum atomic E-state index is 5.78. The summed E-state index contributed by atoms with van der Waals surface area (Å²) < 4.78 is 14.9. The average Bonchev–Trinajstić information content (AvgIpc) is 2.60. The van der Waals surface area contributed by atoms with Crippen LogP contribution in [0.15, 0.2) is 0 Å². The molecule has 0 spiro atoms. The van der Waals surface area contributed by atoms with Gasteiger partial charge in [0.25, 0.3) is 0 Å². The lowest BCUT2D eigenvalue weighted by atomic mass is 10.2. The lowest BCUT2D eigenvalue weighted by molar-refractivity contribution is 0.184. The fourth-order valence-electron chi connectivity index (χ4n) is 1.38. The van der Waals surface area contributed by atoms with Crippen molar-refractivity contribution in [2.45, 2.75) is 39.3 Å². The van der Waals surface area contributed by atoms with Gasteiger partial charge in [0.2, 0.25) is 0 Å². The first kappa shape index (κ1) is 14.1. The predicted octanol–water partition coefficient (Wildman–Crippen LogP) is 2.35. The zero-order valence-corrected chi connectivity index (χ0v) is 11.6. The van der Waals surface area contributed by atoms with Crippen molar-refractivity contribution in [1.82, 2.24) is 4.37 Å². The SMILES string of the molecule is CCC(COC)Nc1snc(N)c1OC(C)C. The Morgan fingerprint density at radius 2 is 2.18 bits per heavy atom. The minimum absolute atomic E-state index is 0.0803. The molecule has 1 heterocycles. The molecule has 1 rings (SSSR count). The molecule has 0 saturated heterocycles. The molecular weight excluding hydrogens is 238 g/mol. The van der Waals surface area contributed by atoms with E-state index in [2.05, 4.69) is 16.6 Å². The predicted molar refractivity (Wildman–Crippen MR) is 71.9 cm³/mol. The molecular formula is C11H21N3O2S. The summed E-state index contributed by atoms with van der Waals surface area (Å²) in [6, 6.07) is 0.245. The second kappa shape index (κ2) is 6.66. The summed E-state index contributed by atoms with van der Waals surface area (Å²) in [5, 5.41) is 4.23. The molecule has 0 amide bonds. The largest absolute Gasteiger partial charge is 0.484 e.